The molecule has 0 N–H and O–H groups in total. The Kier molecular flexibility index (Phi) is 5.11. The first kappa shape index (κ1) is 18.0. The summed E-state index contributed by atoms with van der Waals surface area (Å²) in [5, 5.41) is -0.146. The SMILES string of the molecule is O=C(Cn1cnc2ccccc21)N1CCS[C@@H](c2cc(F)ccc2F)CC1. The molecule has 1 aliphatic heterocycles. The van der Waals surface area contributed by atoms with Crippen molar-refractivity contribution >= 4 is 28.7 Å². The van der Waals surface area contributed by atoms with Gasteiger partial charge in [0.1, 0.15) is 18.2 Å². The van der Waals surface area contributed by atoms with E-state index in [1.54, 1.807) is 23.0 Å². The molecule has 0 bridgehead atoms. The first-order valence-electron chi connectivity index (χ1n) is 8.86. The fourth-order valence-corrected chi connectivity index (χ4v) is 4.65. The second kappa shape index (κ2) is 7.68. The number of rotatable bonds is 3. The maximum absolute atomic E-state index is 14.1. The van der Waals surface area contributed by atoms with Crippen LogP contribution < -0.4 is 0 Å². The highest BCUT2D eigenvalue weighted by atomic mass is 32.2. The summed E-state index contributed by atoms with van der Waals surface area (Å²) < 4.78 is 29.4. The lowest BCUT2D eigenvalue weighted by molar-refractivity contribution is -0.131. The van der Waals surface area contributed by atoms with E-state index in [9.17, 15) is 13.6 Å². The molecule has 0 saturated carbocycles. The van der Waals surface area contributed by atoms with Crippen molar-refractivity contribution < 1.29 is 13.6 Å². The summed E-state index contributed by atoms with van der Waals surface area (Å²) in [5.41, 5.74) is 2.17. The number of halogens is 2. The lowest BCUT2D eigenvalue weighted by Crippen LogP contribution is -2.35. The number of hydrogen-bond acceptors (Lipinski definition) is 3. The van der Waals surface area contributed by atoms with Crippen molar-refractivity contribution in [1.82, 2.24) is 14.5 Å². The average molecular weight is 387 g/mol. The van der Waals surface area contributed by atoms with Gasteiger partial charge in [-0.05, 0) is 36.8 Å². The van der Waals surface area contributed by atoms with Crippen LogP contribution in [-0.4, -0.2) is 39.2 Å². The van der Waals surface area contributed by atoms with Crippen LogP contribution in [0, 0.1) is 11.6 Å². The maximum atomic E-state index is 14.1. The summed E-state index contributed by atoms with van der Waals surface area (Å²) >= 11 is 1.57. The summed E-state index contributed by atoms with van der Waals surface area (Å²) in [5.74, 6) is -0.120. The molecule has 0 aliphatic carbocycles. The predicted octanol–water partition coefficient (Wildman–Crippen LogP) is 4.02. The van der Waals surface area contributed by atoms with Gasteiger partial charge in [0, 0.05) is 29.7 Å². The largest absolute Gasteiger partial charge is 0.340 e. The number of carbonyl (C=O) groups is 1. The summed E-state index contributed by atoms with van der Waals surface area (Å²) in [4.78, 5) is 18.9. The van der Waals surface area contributed by atoms with Crippen LogP contribution >= 0.6 is 11.8 Å². The molecular formula is C20H19F2N3OS. The van der Waals surface area contributed by atoms with Gasteiger partial charge in [-0.25, -0.2) is 13.8 Å². The first-order chi connectivity index (χ1) is 13.1. The van der Waals surface area contributed by atoms with E-state index in [1.807, 2.05) is 28.8 Å². The molecule has 1 aliphatic rings. The number of imidazole rings is 1. The maximum Gasteiger partial charge on any atom is 0.242 e. The summed E-state index contributed by atoms with van der Waals surface area (Å²) in [6, 6.07) is 11.3. The molecule has 4 rings (SSSR count). The van der Waals surface area contributed by atoms with Crippen LogP contribution in [0.5, 0.6) is 0 Å². The number of para-hydroxylation sites is 2. The second-order valence-corrected chi connectivity index (χ2v) is 7.87. The van der Waals surface area contributed by atoms with E-state index >= 15 is 0 Å². The van der Waals surface area contributed by atoms with Crippen molar-refractivity contribution in [3.63, 3.8) is 0 Å². The van der Waals surface area contributed by atoms with Gasteiger partial charge < -0.3 is 9.47 Å². The zero-order valence-corrected chi connectivity index (χ0v) is 15.5. The minimum absolute atomic E-state index is 0.0131. The van der Waals surface area contributed by atoms with Gasteiger partial charge in [-0.3, -0.25) is 4.79 Å². The van der Waals surface area contributed by atoms with E-state index in [1.165, 1.54) is 12.1 Å². The van der Waals surface area contributed by atoms with Gasteiger partial charge in [-0.15, -0.1) is 0 Å². The fraction of sp³-hybridized carbons (Fsp3) is 0.300. The van der Waals surface area contributed by atoms with Crippen molar-refractivity contribution in [3.05, 3.63) is 66.0 Å². The van der Waals surface area contributed by atoms with Crippen LogP contribution in [-0.2, 0) is 11.3 Å². The Morgan fingerprint density at radius 2 is 2.04 bits per heavy atom. The highest BCUT2D eigenvalue weighted by molar-refractivity contribution is 7.99. The predicted molar refractivity (Wildman–Crippen MR) is 102 cm³/mol. The molecule has 2 aromatic carbocycles. The van der Waals surface area contributed by atoms with Crippen LogP contribution in [0.15, 0.2) is 48.8 Å². The summed E-state index contributed by atoms with van der Waals surface area (Å²) in [7, 11) is 0. The molecule has 0 unspecified atom stereocenters. The third kappa shape index (κ3) is 3.83. The molecule has 1 saturated heterocycles. The lowest BCUT2D eigenvalue weighted by Gasteiger charge is -2.21. The van der Waals surface area contributed by atoms with Crippen LogP contribution in [0.4, 0.5) is 8.78 Å². The van der Waals surface area contributed by atoms with E-state index in [4.69, 9.17) is 0 Å². The van der Waals surface area contributed by atoms with E-state index < -0.39 is 11.6 Å². The molecule has 1 fully saturated rings. The van der Waals surface area contributed by atoms with Crippen molar-refractivity contribution in [1.29, 1.82) is 0 Å². The Morgan fingerprint density at radius 1 is 1.19 bits per heavy atom. The third-order valence-electron chi connectivity index (χ3n) is 4.83. The number of carbonyl (C=O) groups excluding carboxylic acids is 1. The zero-order valence-electron chi connectivity index (χ0n) is 14.6. The zero-order chi connectivity index (χ0) is 18.8. The van der Waals surface area contributed by atoms with Gasteiger partial charge in [0.25, 0.3) is 0 Å². The minimum atomic E-state index is -0.434. The van der Waals surface area contributed by atoms with Crippen molar-refractivity contribution in [3.8, 4) is 0 Å². The molecule has 1 atom stereocenters. The first-order valence-corrected chi connectivity index (χ1v) is 9.91. The molecule has 140 valence electrons. The number of fused-ring (bicyclic) bond motifs is 1. The minimum Gasteiger partial charge on any atom is -0.340 e. The van der Waals surface area contributed by atoms with Crippen LogP contribution in [0.2, 0.25) is 0 Å². The van der Waals surface area contributed by atoms with E-state index in [0.29, 0.717) is 30.8 Å². The Labute approximate surface area is 160 Å². The number of thioether (sulfide) groups is 1. The number of benzene rings is 2. The molecule has 2 heterocycles. The summed E-state index contributed by atoms with van der Waals surface area (Å²) in [6.07, 6.45) is 2.28. The van der Waals surface area contributed by atoms with Crippen LogP contribution in [0.25, 0.3) is 11.0 Å². The van der Waals surface area contributed by atoms with Crippen molar-refractivity contribution in [2.45, 2.75) is 18.2 Å². The molecule has 3 aromatic rings. The van der Waals surface area contributed by atoms with Crippen LogP contribution in [0.3, 0.4) is 0 Å². The molecule has 27 heavy (non-hydrogen) atoms. The summed E-state index contributed by atoms with van der Waals surface area (Å²) in [6.45, 7) is 1.35. The molecule has 4 nitrogen and oxygen atoms in total. The lowest BCUT2D eigenvalue weighted by atomic mass is 10.1. The number of hydrogen-bond donors (Lipinski definition) is 0. The molecule has 0 radical (unpaired) electrons. The Bertz CT molecular complexity index is 975. The van der Waals surface area contributed by atoms with Crippen molar-refractivity contribution in [2.75, 3.05) is 18.8 Å². The smallest absolute Gasteiger partial charge is 0.242 e. The van der Waals surface area contributed by atoms with Crippen LogP contribution in [0.1, 0.15) is 17.2 Å². The van der Waals surface area contributed by atoms with Gasteiger partial charge in [-0.1, -0.05) is 12.1 Å². The Balaban J connectivity index is 1.44. The molecule has 1 amide bonds. The molecule has 1 aromatic heterocycles. The van der Waals surface area contributed by atoms with Gasteiger partial charge in [0.05, 0.1) is 17.4 Å². The number of aromatic nitrogens is 2. The van der Waals surface area contributed by atoms with Gasteiger partial charge in [0.2, 0.25) is 5.91 Å². The monoisotopic (exact) mass is 387 g/mol. The van der Waals surface area contributed by atoms with Crippen molar-refractivity contribution in [2.24, 2.45) is 0 Å². The highest BCUT2D eigenvalue weighted by Crippen LogP contribution is 2.36. The Morgan fingerprint density at radius 3 is 2.93 bits per heavy atom. The van der Waals surface area contributed by atoms with Gasteiger partial charge >= 0.3 is 0 Å². The second-order valence-electron chi connectivity index (χ2n) is 6.56. The molecular weight excluding hydrogens is 368 g/mol. The third-order valence-corrected chi connectivity index (χ3v) is 6.14. The number of amides is 1. The highest BCUT2D eigenvalue weighted by Gasteiger charge is 2.24. The van der Waals surface area contributed by atoms with E-state index in [0.717, 1.165) is 17.1 Å². The molecule has 7 heteroatoms. The van der Waals surface area contributed by atoms with Gasteiger partial charge in [-0.2, -0.15) is 11.8 Å². The van der Waals surface area contributed by atoms with E-state index in [2.05, 4.69) is 4.98 Å². The quantitative estimate of drug-likeness (QED) is 0.681. The number of nitrogens with zero attached hydrogens (tertiary/aromatic N) is 3. The normalized spacial score (nSPS) is 17.9. The Hall–Kier alpha value is -2.41. The van der Waals surface area contributed by atoms with E-state index in [-0.39, 0.29) is 17.7 Å². The fourth-order valence-electron chi connectivity index (χ4n) is 3.41. The molecule has 0 spiro atoms. The average Bonchev–Trinajstić information content (AvgIpc) is 2.91. The topological polar surface area (TPSA) is 38.1 Å². The van der Waals surface area contributed by atoms with Gasteiger partial charge in [0.15, 0.2) is 0 Å². The standard InChI is InChI=1S/C20H19F2N3OS/c21-14-5-6-16(22)15(11-14)19-7-8-24(9-10-27-19)20(26)12-25-13-23-17-3-1-2-4-18(17)25/h1-6,11,13,19H,7-10,12H2/t19-/m1/s1.